The quantitative estimate of drug-likeness (QED) is 0.815. The Kier molecular flexibility index (Phi) is 4.84. The van der Waals surface area contributed by atoms with Gasteiger partial charge in [0.05, 0.1) is 29.9 Å². The van der Waals surface area contributed by atoms with Crippen molar-refractivity contribution in [3.05, 3.63) is 23.8 Å². The number of hydrogen-bond acceptors (Lipinski definition) is 5. The molecule has 0 saturated carbocycles. The van der Waals surface area contributed by atoms with Crippen molar-refractivity contribution in [1.29, 1.82) is 0 Å². The van der Waals surface area contributed by atoms with Crippen LogP contribution in [0.4, 0.5) is 0 Å². The molecule has 2 rings (SSSR count). The van der Waals surface area contributed by atoms with Gasteiger partial charge in [0.15, 0.2) is 0 Å². The summed E-state index contributed by atoms with van der Waals surface area (Å²) in [5, 5.41) is 3.23. The highest BCUT2D eigenvalue weighted by Gasteiger charge is 2.20. The molecule has 6 nitrogen and oxygen atoms in total. The van der Waals surface area contributed by atoms with Crippen molar-refractivity contribution in [2.45, 2.75) is 38.8 Å². The molecule has 0 aromatic carbocycles. The molecule has 1 saturated heterocycles. The fourth-order valence-corrected chi connectivity index (χ4v) is 3.38. The van der Waals surface area contributed by atoms with E-state index in [0.717, 1.165) is 31.5 Å². The van der Waals surface area contributed by atoms with Crippen LogP contribution in [0.2, 0.25) is 0 Å². The number of sulfonamides is 1. The van der Waals surface area contributed by atoms with Gasteiger partial charge in [-0.15, -0.1) is 0 Å². The molecule has 1 aliphatic rings. The molecule has 106 valence electrons. The van der Waals surface area contributed by atoms with Gasteiger partial charge in [-0.05, 0) is 26.3 Å². The fraction of sp³-hybridized carbons (Fsp3) is 0.667. The van der Waals surface area contributed by atoms with Gasteiger partial charge in [-0.25, -0.2) is 13.1 Å². The molecule has 0 amide bonds. The van der Waals surface area contributed by atoms with Gasteiger partial charge in [0.25, 0.3) is 0 Å². The smallest absolute Gasteiger partial charge is 0.213 e. The molecule has 0 radical (unpaired) electrons. The second kappa shape index (κ2) is 6.40. The molecule has 1 aromatic heterocycles. The Hall–Kier alpha value is -1.05. The van der Waals surface area contributed by atoms with Crippen LogP contribution in [-0.4, -0.2) is 36.7 Å². The first-order valence-electron chi connectivity index (χ1n) is 6.53. The molecule has 2 N–H and O–H groups in total. The SMILES string of the molecule is Cc1cnc(CNS(=O)(=O)CC2CCCCN2)cn1. The number of aromatic nitrogens is 2. The van der Waals surface area contributed by atoms with E-state index in [2.05, 4.69) is 20.0 Å². The first kappa shape index (κ1) is 14.4. The molecule has 7 heteroatoms. The van der Waals surface area contributed by atoms with Crippen LogP contribution in [-0.2, 0) is 16.6 Å². The Labute approximate surface area is 114 Å². The van der Waals surface area contributed by atoms with Gasteiger partial charge < -0.3 is 5.32 Å². The van der Waals surface area contributed by atoms with Crippen LogP contribution in [0.3, 0.4) is 0 Å². The minimum Gasteiger partial charge on any atom is -0.313 e. The number of nitrogens with zero attached hydrogens (tertiary/aromatic N) is 2. The van der Waals surface area contributed by atoms with Crippen molar-refractivity contribution in [1.82, 2.24) is 20.0 Å². The van der Waals surface area contributed by atoms with Gasteiger partial charge in [-0.3, -0.25) is 9.97 Å². The molecule has 19 heavy (non-hydrogen) atoms. The first-order valence-corrected chi connectivity index (χ1v) is 8.19. The summed E-state index contributed by atoms with van der Waals surface area (Å²) in [4.78, 5) is 8.21. The molecule has 1 atom stereocenters. The van der Waals surface area contributed by atoms with Crippen molar-refractivity contribution >= 4 is 10.0 Å². The van der Waals surface area contributed by atoms with Crippen LogP contribution in [0.15, 0.2) is 12.4 Å². The third kappa shape index (κ3) is 4.85. The molecule has 0 spiro atoms. The van der Waals surface area contributed by atoms with Gasteiger partial charge in [-0.1, -0.05) is 6.42 Å². The minimum atomic E-state index is -3.27. The van der Waals surface area contributed by atoms with Crippen LogP contribution in [0.5, 0.6) is 0 Å². The second-order valence-electron chi connectivity index (χ2n) is 4.90. The zero-order chi connectivity index (χ0) is 13.7. The van der Waals surface area contributed by atoms with E-state index < -0.39 is 10.0 Å². The third-order valence-corrected chi connectivity index (χ3v) is 4.57. The molecule has 1 unspecified atom stereocenters. The molecular weight excluding hydrogens is 264 g/mol. The maximum absolute atomic E-state index is 11.9. The van der Waals surface area contributed by atoms with Crippen molar-refractivity contribution in [3.63, 3.8) is 0 Å². The van der Waals surface area contributed by atoms with E-state index in [1.807, 2.05) is 6.92 Å². The van der Waals surface area contributed by atoms with Crippen molar-refractivity contribution in [2.75, 3.05) is 12.3 Å². The highest BCUT2D eigenvalue weighted by molar-refractivity contribution is 7.89. The number of rotatable bonds is 5. The monoisotopic (exact) mass is 284 g/mol. The summed E-state index contributed by atoms with van der Waals surface area (Å²) in [6.45, 7) is 2.95. The Morgan fingerprint density at radius 3 is 2.84 bits per heavy atom. The zero-order valence-electron chi connectivity index (χ0n) is 11.1. The Balaban J connectivity index is 1.84. The lowest BCUT2D eigenvalue weighted by Crippen LogP contribution is -2.42. The number of nitrogens with one attached hydrogen (secondary N) is 2. The first-order chi connectivity index (χ1) is 9.05. The molecule has 2 heterocycles. The Bertz CT molecular complexity index is 495. The summed E-state index contributed by atoms with van der Waals surface area (Å²) < 4.78 is 26.5. The van der Waals surface area contributed by atoms with Crippen LogP contribution in [0, 0.1) is 6.92 Å². The van der Waals surface area contributed by atoms with E-state index in [4.69, 9.17) is 0 Å². The molecule has 0 bridgehead atoms. The predicted octanol–water partition coefficient (Wildman–Crippen LogP) is 0.347. The van der Waals surface area contributed by atoms with Crippen molar-refractivity contribution in [2.24, 2.45) is 0 Å². The lowest BCUT2D eigenvalue weighted by molar-refractivity contribution is 0.422. The summed E-state index contributed by atoms with van der Waals surface area (Å²) >= 11 is 0. The molecular formula is C12H20N4O2S. The summed E-state index contributed by atoms with van der Waals surface area (Å²) in [6.07, 6.45) is 6.37. The number of hydrogen-bond donors (Lipinski definition) is 2. The van der Waals surface area contributed by atoms with Crippen LogP contribution >= 0.6 is 0 Å². The molecule has 0 aliphatic carbocycles. The molecule has 1 aliphatic heterocycles. The Morgan fingerprint density at radius 1 is 1.37 bits per heavy atom. The number of aryl methyl sites for hydroxylation is 1. The van der Waals surface area contributed by atoms with E-state index in [-0.39, 0.29) is 18.3 Å². The minimum absolute atomic E-state index is 0.0651. The van der Waals surface area contributed by atoms with Crippen LogP contribution < -0.4 is 10.0 Å². The summed E-state index contributed by atoms with van der Waals surface area (Å²) in [6, 6.07) is 0.0651. The van der Waals surface area contributed by atoms with Crippen LogP contribution in [0.25, 0.3) is 0 Å². The van der Waals surface area contributed by atoms with E-state index in [1.165, 1.54) is 0 Å². The lowest BCUT2D eigenvalue weighted by atomic mass is 10.1. The third-order valence-electron chi connectivity index (χ3n) is 3.14. The average molecular weight is 284 g/mol. The normalized spacial score (nSPS) is 20.4. The van der Waals surface area contributed by atoms with Gasteiger partial charge in [0.2, 0.25) is 10.0 Å². The highest BCUT2D eigenvalue weighted by atomic mass is 32.2. The van der Waals surface area contributed by atoms with Crippen molar-refractivity contribution in [3.8, 4) is 0 Å². The van der Waals surface area contributed by atoms with E-state index in [0.29, 0.717) is 5.69 Å². The largest absolute Gasteiger partial charge is 0.313 e. The summed E-state index contributed by atoms with van der Waals surface area (Å²) in [7, 11) is -3.27. The average Bonchev–Trinajstić information content (AvgIpc) is 2.39. The molecule has 1 aromatic rings. The van der Waals surface area contributed by atoms with Gasteiger partial charge in [-0.2, -0.15) is 0 Å². The van der Waals surface area contributed by atoms with Gasteiger partial charge in [0, 0.05) is 12.2 Å². The maximum atomic E-state index is 11.9. The van der Waals surface area contributed by atoms with Gasteiger partial charge in [0.1, 0.15) is 0 Å². The lowest BCUT2D eigenvalue weighted by Gasteiger charge is -2.23. The molecule has 1 fully saturated rings. The number of piperidine rings is 1. The van der Waals surface area contributed by atoms with E-state index in [1.54, 1.807) is 12.4 Å². The second-order valence-corrected chi connectivity index (χ2v) is 6.75. The van der Waals surface area contributed by atoms with E-state index >= 15 is 0 Å². The van der Waals surface area contributed by atoms with Crippen LogP contribution in [0.1, 0.15) is 30.7 Å². The highest BCUT2D eigenvalue weighted by Crippen LogP contribution is 2.08. The zero-order valence-corrected chi connectivity index (χ0v) is 11.9. The summed E-state index contributed by atoms with van der Waals surface area (Å²) in [5.74, 6) is 0.131. The Morgan fingerprint density at radius 2 is 2.21 bits per heavy atom. The predicted molar refractivity (Wildman–Crippen MR) is 73.0 cm³/mol. The standard InChI is InChI=1S/C12H20N4O2S/c1-10-6-15-12(7-14-10)8-16-19(17,18)9-11-4-2-3-5-13-11/h6-7,11,13,16H,2-5,8-9H2,1H3. The summed E-state index contributed by atoms with van der Waals surface area (Å²) in [5.41, 5.74) is 1.45. The fourth-order valence-electron chi connectivity index (χ4n) is 2.08. The maximum Gasteiger partial charge on any atom is 0.213 e. The van der Waals surface area contributed by atoms with Gasteiger partial charge >= 0.3 is 0 Å². The van der Waals surface area contributed by atoms with E-state index in [9.17, 15) is 8.42 Å². The van der Waals surface area contributed by atoms with Crippen molar-refractivity contribution < 1.29 is 8.42 Å². The topological polar surface area (TPSA) is 84.0 Å².